The number of rotatable bonds is 4. The zero-order valence-corrected chi connectivity index (χ0v) is 16.5. The molecule has 2 aromatic carbocycles. The number of halogens is 1. The Morgan fingerprint density at radius 2 is 1.62 bits per heavy atom. The van der Waals surface area contributed by atoms with Gasteiger partial charge in [0, 0.05) is 22.4 Å². The molecule has 0 aliphatic heterocycles. The van der Waals surface area contributed by atoms with E-state index in [1.54, 1.807) is 36.4 Å². The number of aryl methyl sites for hydroxylation is 1. The van der Waals surface area contributed by atoms with Crippen molar-refractivity contribution in [1.29, 1.82) is 0 Å². The number of carbonyl (C=O) groups excluding carboxylic acids is 1. The highest BCUT2D eigenvalue weighted by Crippen LogP contribution is 2.29. The smallest absolute Gasteiger partial charge is 0.340 e. The molecule has 5 nitrogen and oxygen atoms in total. The van der Waals surface area contributed by atoms with Gasteiger partial charge in [0.25, 0.3) is 10.0 Å². The zero-order valence-electron chi connectivity index (χ0n) is 14.1. The molecule has 0 aliphatic rings. The molecule has 7 heteroatoms. The van der Waals surface area contributed by atoms with Crippen LogP contribution in [0.25, 0.3) is 11.1 Å². The summed E-state index contributed by atoms with van der Waals surface area (Å²) in [6.07, 6.45) is 2.73. The molecule has 0 spiro atoms. The highest BCUT2D eigenvalue weighted by molar-refractivity contribution is 9.10. The van der Waals surface area contributed by atoms with Gasteiger partial charge in [-0.3, -0.25) is 0 Å². The second kappa shape index (κ2) is 7.09. The maximum absolute atomic E-state index is 12.9. The maximum Gasteiger partial charge on any atom is 0.340 e. The minimum atomic E-state index is -3.82. The van der Waals surface area contributed by atoms with Gasteiger partial charge >= 0.3 is 5.97 Å². The topological polar surface area (TPSA) is 65.4 Å². The van der Waals surface area contributed by atoms with Gasteiger partial charge in [0.15, 0.2) is 0 Å². The van der Waals surface area contributed by atoms with Crippen LogP contribution in [0.3, 0.4) is 0 Å². The van der Waals surface area contributed by atoms with E-state index in [0.717, 1.165) is 14.0 Å². The standard InChI is InChI=1S/C19H16BrNO4S/c1-13-3-9-16(10-4-13)26(23,24)21-11-17(18(12-21)19(22)25-2)14-5-7-15(20)8-6-14/h3-12H,1-2H3. The Labute approximate surface area is 160 Å². The van der Waals surface area contributed by atoms with Crippen molar-refractivity contribution in [2.45, 2.75) is 11.8 Å². The van der Waals surface area contributed by atoms with Crippen LogP contribution in [-0.4, -0.2) is 25.5 Å². The first kappa shape index (κ1) is 18.4. The van der Waals surface area contributed by atoms with Crippen LogP contribution >= 0.6 is 15.9 Å². The van der Waals surface area contributed by atoms with Crippen LogP contribution in [-0.2, 0) is 14.8 Å². The lowest BCUT2D eigenvalue weighted by Gasteiger charge is -2.05. The highest BCUT2D eigenvalue weighted by Gasteiger charge is 2.23. The monoisotopic (exact) mass is 433 g/mol. The largest absolute Gasteiger partial charge is 0.465 e. The Hall–Kier alpha value is -2.38. The molecule has 3 rings (SSSR count). The van der Waals surface area contributed by atoms with Gasteiger partial charge in [-0.1, -0.05) is 45.8 Å². The number of methoxy groups -OCH3 is 1. The van der Waals surface area contributed by atoms with E-state index in [4.69, 9.17) is 4.74 Å². The first-order valence-corrected chi connectivity index (χ1v) is 9.95. The number of nitrogens with zero attached hydrogens (tertiary/aromatic N) is 1. The summed E-state index contributed by atoms with van der Waals surface area (Å²) in [5, 5.41) is 0. The van der Waals surface area contributed by atoms with Crippen molar-refractivity contribution >= 4 is 31.9 Å². The van der Waals surface area contributed by atoms with Crippen LogP contribution in [0.15, 0.2) is 70.3 Å². The number of esters is 1. The Morgan fingerprint density at radius 1 is 1.00 bits per heavy atom. The fourth-order valence-corrected chi connectivity index (χ4v) is 4.01. The quantitative estimate of drug-likeness (QED) is 0.576. The maximum atomic E-state index is 12.9. The average Bonchev–Trinajstić information content (AvgIpc) is 3.08. The lowest BCUT2D eigenvalue weighted by atomic mass is 10.1. The highest BCUT2D eigenvalue weighted by atomic mass is 79.9. The van der Waals surface area contributed by atoms with Crippen LogP contribution in [0.1, 0.15) is 15.9 Å². The molecule has 0 saturated carbocycles. The fourth-order valence-electron chi connectivity index (χ4n) is 2.53. The predicted molar refractivity (Wildman–Crippen MR) is 103 cm³/mol. The summed E-state index contributed by atoms with van der Waals surface area (Å²) >= 11 is 3.36. The Bertz CT molecular complexity index is 1050. The van der Waals surface area contributed by atoms with Crippen LogP contribution in [0.5, 0.6) is 0 Å². The molecule has 0 amide bonds. The van der Waals surface area contributed by atoms with E-state index in [-0.39, 0.29) is 10.5 Å². The second-order valence-corrected chi connectivity index (χ2v) is 8.49. The lowest BCUT2D eigenvalue weighted by molar-refractivity contribution is 0.0601. The summed E-state index contributed by atoms with van der Waals surface area (Å²) in [5.74, 6) is -0.597. The van der Waals surface area contributed by atoms with E-state index in [9.17, 15) is 13.2 Å². The molecule has 0 unspecified atom stereocenters. The fraction of sp³-hybridized carbons (Fsp3) is 0.105. The van der Waals surface area contributed by atoms with Crippen molar-refractivity contribution in [2.24, 2.45) is 0 Å². The summed E-state index contributed by atoms with van der Waals surface area (Å²) in [5.41, 5.74) is 2.35. The first-order valence-electron chi connectivity index (χ1n) is 7.71. The first-order chi connectivity index (χ1) is 12.3. The SMILES string of the molecule is COC(=O)c1cn(S(=O)(=O)c2ccc(C)cc2)cc1-c1ccc(Br)cc1. The lowest BCUT2D eigenvalue weighted by Crippen LogP contribution is -2.11. The van der Waals surface area contributed by atoms with Crippen molar-refractivity contribution in [3.05, 3.63) is 76.5 Å². The zero-order chi connectivity index (χ0) is 18.9. The van der Waals surface area contributed by atoms with Gasteiger partial charge in [-0.15, -0.1) is 0 Å². The molecule has 0 saturated heterocycles. The van der Waals surface area contributed by atoms with Gasteiger partial charge in [-0.25, -0.2) is 17.2 Å². The average molecular weight is 434 g/mol. The van der Waals surface area contributed by atoms with Gasteiger partial charge in [-0.2, -0.15) is 0 Å². The molecule has 0 bridgehead atoms. The summed E-state index contributed by atoms with van der Waals surface area (Å²) in [6.45, 7) is 1.88. The number of carbonyl (C=O) groups is 1. The van der Waals surface area contributed by atoms with Crippen molar-refractivity contribution in [2.75, 3.05) is 7.11 Å². The molecule has 0 N–H and O–H groups in total. The van der Waals surface area contributed by atoms with Crippen LogP contribution < -0.4 is 0 Å². The van der Waals surface area contributed by atoms with Crippen LogP contribution in [0, 0.1) is 6.92 Å². The normalized spacial score (nSPS) is 11.3. The Kier molecular flexibility index (Phi) is 5.02. The number of hydrogen-bond donors (Lipinski definition) is 0. The van der Waals surface area contributed by atoms with E-state index < -0.39 is 16.0 Å². The Balaban J connectivity index is 2.16. The van der Waals surface area contributed by atoms with Crippen LogP contribution in [0.2, 0.25) is 0 Å². The van der Waals surface area contributed by atoms with E-state index in [0.29, 0.717) is 11.1 Å². The molecule has 0 fully saturated rings. The number of benzene rings is 2. The molecule has 134 valence electrons. The molecular formula is C19H16BrNO4S. The molecule has 1 aromatic heterocycles. The molecule has 3 aromatic rings. The molecule has 0 aliphatic carbocycles. The number of hydrogen-bond acceptors (Lipinski definition) is 4. The summed E-state index contributed by atoms with van der Waals surface area (Å²) in [7, 11) is -2.55. The third kappa shape index (κ3) is 3.45. The van der Waals surface area contributed by atoms with Crippen molar-refractivity contribution in [1.82, 2.24) is 3.97 Å². The number of ether oxygens (including phenoxy) is 1. The summed E-state index contributed by atoms with van der Waals surface area (Å²) < 4.78 is 32.6. The molecule has 26 heavy (non-hydrogen) atoms. The summed E-state index contributed by atoms with van der Waals surface area (Å²) in [6, 6.07) is 13.8. The van der Waals surface area contributed by atoms with Crippen LogP contribution in [0.4, 0.5) is 0 Å². The predicted octanol–water partition coefficient (Wildman–Crippen LogP) is 4.25. The van der Waals surface area contributed by atoms with Crippen molar-refractivity contribution < 1.29 is 17.9 Å². The summed E-state index contributed by atoms with van der Waals surface area (Å²) in [4.78, 5) is 12.3. The third-order valence-corrected chi connectivity index (χ3v) is 6.12. The third-order valence-electron chi connectivity index (χ3n) is 3.96. The minimum absolute atomic E-state index is 0.150. The van der Waals surface area contributed by atoms with Gasteiger partial charge < -0.3 is 4.74 Å². The van der Waals surface area contributed by atoms with E-state index in [2.05, 4.69) is 15.9 Å². The minimum Gasteiger partial charge on any atom is -0.465 e. The molecule has 0 radical (unpaired) electrons. The molecular weight excluding hydrogens is 418 g/mol. The molecule has 1 heterocycles. The van der Waals surface area contributed by atoms with Gasteiger partial charge in [-0.05, 0) is 36.8 Å². The van der Waals surface area contributed by atoms with E-state index in [1.807, 2.05) is 19.1 Å². The number of aromatic nitrogens is 1. The second-order valence-electron chi connectivity index (χ2n) is 5.73. The van der Waals surface area contributed by atoms with Crippen molar-refractivity contribution in [3.63, 3.8) is 0 Å². The van der Waals surface area contributed by atoms with Gasteiger partial charge in [0.2, 0.25) is 0 Å². The van der Waals surface area contributed by atoms with Gasteiger partial charge in [0.05, 0.1) is 17.6 Å². The Morgan fingerprint density at radius 3 is 2.19 bits per heavy atom. The van der Waals surface area contributed by atoms with E-state index in [1.165, 1.54) is 19.5 Å². The van der Waals surface area contributed by atoms with Crippen molar-refractivity contribution in [3.8, 4) is 11.1 Å². The van der Waals surface area contributed by atoms with E-state index >= 15 is 0 Å². The van der Waals surface area contributed by atoms with Gasteiger partial charge in [0.1, 0.15) is 0 Å². The molecule has 0 atom stereocenters.